The molecule has 1 saturated heterocycles. The van der Waals surface area contributed by atoms with E-state index in [1.165, 1.54) is 27.0 Å². The van der Waals surface area contributed by atoms with E-state index in [9.17, 15) is 9.18 Å². The highest BCUT2D eigenvalue weighted by molar-refractivity contribution is 5.95. The Morgan fingerprint density at radius 3 is 2.70 bits per heavy atom. The van der Waals surface area contributed by atoms with E-state index in [4.69, 9.17) is 5.10 Å². The molecule has 0 aliphatic carbocycles. The number of anilines is 2. The third kappa shape index (κ3) is 4.66. The van der Waals surface area contributed by atoms with Gasteiger partial charge in [0.05, 0.1) is 29.0 Å². The molecule has 3 aromatic rings. The number of hydrogen-bond acceptors (Lipinski definition) is 7. The van der Waals surface area contributed by atoms with Gasteiger partial charge >= 0.3 is 0 Å². The van der Waals surface area contributed by atoms with E-state index in [1.807, 2.05) is 0 Å². The fraction of sp³-hybridized carbons (Fsp3) is 0.522. The van der Waals surface area contributed by atoms with Crippen LogP contribution in [0.3, 0.4) is 0 Å². The Morgan fingerprint density at radius 1 is 1.27 bits per heavy atom. The second kappa shape index (κ2) is 9.01. The van der Waals surface area contributed by atoms with Gasteiger partial charge in [0.1, 0.15) is 11.5 Å². The second-order valence-corrected chi connectivity index (χ2v) is 8.85. The summed E-state index contributed by atoms with van der Waals surface area (Å²) in [6.45, 7) is 12.5. The molecule has 1 aliphatic rings. The van der Waals surface area contributed by atoms with Gasteiger partial charge in [0.25, 0.3) is 0 Å². The van der Waals surface area contributed by atoms with Crippen molar-refractivity contribution in [2.45, 2.75) is 52.8 Å². The summed E-state index contributed by atoms with van der Waals surface area (Å²) >= 11 is 0. The number of nitrogens with zero attached hydrogens (tertiary/aromatic N) is 7. The molecule has 1 atom stereocenters. The molecule has 33 heavy (non-hydrogen) atoms. The molecule has 0 bridgehead atoms. The summed E-state index contributed by atoms with van der Waals surface area (Å²) in [4.78, 5) is 29.4. The number of likely N-dealkylation sites (N-methyl/N-ethyl adjacent to an activating group) is 1. The van der Waals surface area contributed by atoms with Gasteiger partial charge in [-0.05, 0) is 33.4 Å². The summed E-state index contributed by atoms with van der Waals surface area (Å²) < 4.78 is 16.2. The largest absolute Gasteiger partial charge is 0.353 e. The summed E-state index contributed by atoms with van der Waals surface area (Å²) in [5.74, 6) is 1.41. The van der Waals surface area contributed by atoms with E-state index in [-0.39, 0.29) is 11.6 Å². The van der Waals surface area contributed by atoms with Gasteiger partial charge in [-0.25, -0.2) is 19.0 Å². The minimum atomic E-state index is -1.64. The third-order valence-corrected chi connectivity index (χ3v) is 6.09. The molecule has 1 aliphatic heterocycles. The predicted octanol–water partition coefficient (Wildman–Crippen LogP) is 3.29. The van der Waals surface area contributed by atoms with Crippen molar-refractivity contribution in [3.8, 4) is 5.82 Å². The zero-order chi connectivity index (χ0) is 23.8. The molecule has 0 saturated carbocycles. The molecule has 10 heteroatoms. The van der Waals surface area contributed by atoms with Crippen LogP contribution in [0, 0.1) is 0 Å². The molecule has 176 valence electrons. The number of carbonyl (C=O) groups is 1. The lowest BCUT2D eigenvalue weighted by atomic mass is 10.1. The van der Waals surface area contributed by atoms with Gasteiger partial charge in [0, 0.05) is 38.3 Å². The van der Waals surface area contributed by atoms with Crippen LogP contribution in [-0.2, 0) is 10.5 Å². The van der Waals surface area contributed by atoms with Crippen LogP contribution >= 0.6 is 0 Å². The first-order chi connectivity index (χ1) is 15.7. The number of aromatic nitrogens is 5. The Bertz CT molecular complexity index is 1150. The van der Waals surface area contributed by atoms with E-state index < -0.39 is 5.67 Å². The Hall–Kier alpha value is -3.14. The van der Waals surface area contributed by atoms with E-state index in [0.717, 1.165) is 49.3 Å². The van der Waals surface area contributed by atoms with Gasteiger partial charge in [-0.3, -0.25) is 14.7 Å². The predicted molar refractivity (Wildman–Crippen MR) is 126 cm³/mol. The van der Waals surface area contributed by atoms with Crippen molar-refractivity contribution in [1.29, 1.82) is 0 Å². The number of amides is 1. The summed E-state index contributed by atoms with van der Waals surface area (Å²) in [6, 6.07) is 2.22. The maximum Gasteiger partial charge on any atom is 0.222 e. The Balaban J connectivity index is 1.80. The van der Waals surface area contributed by atoms with Crippen molar-refractivity contribution in [2.75, 3.05) is 36.4 Å². The summed E-state index contributed by atoms with van der Waals surface area (Å²) in [5.41, 5.74) is -0.689. The van der Waals surface area contributed by atoms with Crippen LogP contribution in [0.1, 0.15) is 46.7 Å². The lowest BCUT2D eigenvalue weighted by molar-refractivity contribution is -0.114. The SMILES string of the molecule is CCN(CC)C1CCN(c2nn(-c3cncc(C(C)(C)F)n3)c3cc(NC(C)=O)ncc23)C1. The maximum atomic E-state index is 14.6. The monoisotopic (exact) mass is 454 g/mol. The molecule has 1 N–H and O–H groups in total. The van der Waals surface area contributed by atoms with Crippen molar-refractivity contribution >= 4 is 28.4 Å². The number of rotatable bonds is 7. The second-order valence-electron chi connectivity index (χ2n) is 8.85. The van der Waals surface area contributed by atoms with Crippen molar-refractivity contribution in [3.63, 3.8) is 0 Å². The van der Waals surface area contributed by atoms with Gasteiger partial charge in [0.15, 0.2) is 11.6 Å². The number of hydrogen-bond donors (Lipinski definition) is 1. The minimum absolute atomic E-state index is 0.212. The molecule has 1 fully saturated rings. The molecule has 1 unspecified atom stereocenters. The highest BCUT2D eigenvalue weighted by Gasteiger charge is 2.30. The average molecular weight is 455 g/mol. The standard InChI is InChI=1S/C23H31FN8O/c1-6-30(7-2)16-8-9-31(14-16)22-17-11-26-20(27-15(3)33)10-18(17)32(29-22)21-13-25-12-19(28-21)23(4,5)24/h10-13,16H,6-9,14H2,1-5H3,(H,26,27,33). The topological polar surface area (TPSA) is 92.1 Å². The molecule has 3 aromatic heterocycles. The zero-order valence-corrected chi connectivity index (χ0v) is 19.8. The molecule has 9 nitrogen and oxygen atoms in total. The number of carbonyl (C=O) groups excluding carboxylic acids is 1. The number of fused-ring (bicyclic) bond motifs is 1. The van der Waals surface area contributed by atoms with E-state index in [2.05, 4.69) is 43.9 Å². The van der Waals surface area contributed by atoms with Crippen LogP contribution in [-0.4, -0.2) is 67.8 Å². The number of halogens is 1. The Labute approximate surface area is 193 Å². The maximum absolute atomic E-state index is 14.6. The van der Waals surface area contributed by atoms with Crippen LogP contribution < -0.4 is 10.2 Å². The van der Waals surface area contributed by atoms with E-state index in [1.54, 1.807) is 23.1 Å². The molecule has 0 aromatic carbocycles. The summed E-state index contributed by atoms with van der Waals surface area (Å²) in [7, 11) is 0. The van der Waals surface area contributed by atoms with Gasteiger partial charge in [-0.1, -0.05) is 13.8 Å². The summed E-state index contributed by atoms with van der Waals surface area (Å²) in [5, 5.41) is 8.44. The quantitative estimate of drug-likeness (QED) is 0.586. The Morgan fingerprint density at radius 2 is 2.03 bits per heavy atom. The highest BCUT2D eigenvalue weighted by Crippen LogP contribution is 2.32. The summed E-state index contributed by atoms with van der Waals surface area (Å²) in [6.07, 6.45) is 5.77. The van der Waals surface area contributed by atoms with Crippen molar-refractivity contribution in [3.05, 3.63) is 30.4 Å². The molecule has 4 heterocycles. The minimum Gasteiger partial charge on any atom is -0.353 e. The van der Waals surface area contributed by atoms with Crippen LogP contribution in [0.4, 0.5) is 16.0 Å². The van der Waals surface area contributed by atoms with Crippen LogP contribution in [0.15, 0.2) is 24.7 Å². The van der Waals surface area contributed by atoms with Crippen molar-refractivity contribution in [1.82, 2.24) is 29.6 Å². The normalized spacial score (nSPS) is 16.7. The molecular formula is C23H31FN8O. The third-order valence-electron chi connectivity index (χ3n) is 6.09. The van der Waals surface area contributed by atoms with Gasteiger partial charge in [-0.2, -0.15) is 0 Å². The molecule has 0 spiro atoms. The van der Waals surface area contributed by atoms with Crippen molar-refractivity contribution < 1.29 is 9.18 Å². The first-order valence-electron chi connectivity index (χ1n) is 11.4. The van der Waals surface area contributed by atoms with Gasteiger partial charge < -0.3 is 10.2 Å². The fourth-order valence-corrected chi connectivity index (χ4v) is 4.37. The first kappa shape index (κ1) is 23.0. The molecule has 1 amide bonds. The van der Waals surface area contributed by atoms with Gasteiger partial charge in [0.2, 0.25) is 5.91 Å². The molecular weight excluding hydrogens is 423 g/mol. The van der Waals surface area contributed by atoms with Crippen molar-refractivity contribution in [2.24, 2.45) is 0 Å². The number of alkyl halides is 1. The lowest BCUT2D eigenvalue weighted by Gasteiger charge is -2.26. The Kier molecular flexibility index (Phi) is 6.29. The zero-order valence-electron chi connectivity index (χ0n) is 19.8. The van der Waals surface area contributed by atoms with E-state index in [0.29, 0.717) is 17.7 Å². The van der Waals surface area contributed by atoms with E-state index >= 15 is 0 Å². The van der Waals surface area contributed by atoms with Crippen LogP contribution in [0.2, 0.25) is 0 Å². The van der Waals surface area contributed by atoms with Crippen LogP contribution in [0.25, 0.3) is 16.7 Å². The molecule has 4 rings (SSSR count). The fourth-order valence-electron chi connectivity index (χ4n) is 4.37. The molecule has 0 radical (unpaired) electrons. The first-order valence-corrected chi connectivity index (χ1v) is 11.4. The average Bonchev–Trinajstić information content (AvgIpc) is 3.38. The number of pyridine rings is 1. The highest BCUT2D eigenvalue weighted by atomic mass is 19.1. The lowest BCUT2D eigenvalue weighted by Crippen LogP contribution is -2.37. The van der Waals surface area contributed by atoms with Crippen LogP contribution in [0.5, 0.6) is 0 Å². The smallest absolute Gasteiger partial charge is 0.222 e. The number of nitrogens with one attached hydrogen (secondary N) is 1. The van der Waals surface area contributed by atoms with Gasteiger partial charge in [-0.15, -0.1) is 5.10 Å².